The fourth-order valence-electron chi connectivity index (χ4n) is 1.07. The molecule has 1 heterocycles. The number of aromatic nitrogens is 1. The number of benzene rings is 1. The lowest BCUT2D eigenvalue weighted by molar-refractivity contribution is 1.51. The van der Waals surface area contributed by atoms with Crippen molar-refractivity contribution in [1.82, 2.24) is 4.37 Å². The van der Waals surface area contributed by atoms with Crippen molar-refractivity contribution in [3.05, 3.63) is 34.1 Å². The standard InChI is InChI=1S/C9H7BrN2S/c10-7-3-1-6(2-4-7)9-8(11)5-13-12-9/h1-5H,11H2. The SMILES string of the molecule is Nc1csnc1-c1ccc(Br)cc1. The zero-order valence-electron chi connectivity index (χ0n) is 6.70. The van der Waals surface area contributed by atoms with Gasteiger partial charge in [-0.1, -0.05) is 28.1 Å². The third-order valence-electron chi connectivity index (χ3n) is 1.71. The van der Waals surface area contributed by atoms with Crippen molar-refractivity contribution in [3.63, 3.8) is 0 Å². The summed E-state index contributed by atoms with van der Waals surface area (Å²) in [6.07, 6.45) is 0. The molecular formula is C9H7BrN2S. The van der Waals surface area contributed by atoms with Crippen LogP contribution in [0.2, 0.25) is 0 Å². The monoisotopic (exact) mass is 254 g/mol. The van der Waals surface area contributed by atoms with Crippen molar-refractivity contribution >= 4 is 33.1 Å². The minimum absolute atomic E-state index is 0.743. The Balaban J connectivity index is 2.47. The van der Waals surface area contributed by atoms with Crippen LogP contribution in [0, 0.1) is 0 Å². The molecule has 2 rings (SSSR count). The summed E-state index contributed by atoms with van der Waals surface area (Å²) in [6.45, 7) is 0. The van der Waals surface area contributed by atoms with E-state index in [4.69, 9.17) is 5.73 Å². The van der Waals surface area contributed by atoms with Gasteiger partial charge >= 0.3 is 0 Å². The van der Waals surface area contributed by atoms with Crippen molar-refractivity contribution in [2.24, 2.45) is 0 Å². The lowest BCUT2D eigenvalue weighted by Gasteiger charge is -1.97. The summed E-state index contributed by atoms with van der Waals surface area (Å²) in [6, 6.07) is 7.95. The third-order valence-corrected chi connectivity index (χ3v) is 2.89. The van der Waals surface area contributed by atoms with E-state index in [2.05, 4.69) is 20.3 Å². The highest BCUT2D eigenvalue weighted by atomic mass is 79.9. The number of hydrogen-bond acceptors (Lipinski definition) is 3. The van der Waals surface area contributed by atoms with Gasteiger partial charge in [0.25, 0.3) is 0 Å². The van der Waals surface area contributed by atoms with E-state index >= 15 is 0 Å². The number of nitrogens with two attached hydrogens (primary N) is 1. The lowest BCUT2D eigenvalue weighted by atomic mass is 10.1. The van der Waals surface area contributed by atoms with Crippen LogP contribution in [0.5, 0.6) is 0 Å². The highest BCUT2D eigenvalue weighted by Crippen LogP contribution is 2.26. The smallest absolute Gasteiger partial charge is 0.107 e. The molecule has 1 aromatic carbocycles. The van der Waals surface area contributed by atoms with Gasteiger partial charge in [-0.3, -0.25) is 0 Å². The first-order chi connectivity index (χ1) is 6.27. The summed E-state index contributed by atoms with van der Waals surface area (Å²) in [7, 11) is 0. The predicted molar refractivity (Wildman–Crippen MR) is 59.7 cm³/mol. The maximum atomic E-state index is 5.75. The summed E-state index contributed by atoms with van der Waals surface area (Å²) in [5.41, 5.74) is 8.42. The molecule has 2 aromatic rings. The first kappa shape index (κ1) is 8.72. The second-order valence-electron chi connectivity index (χ2n) is 2.63. The molecule has 0 aliphatic rings. The van der Waals surface area contributed by atoms with Crippen molar-refractivity contribution in [2.45, 2.75) is 0 Å². The molecule has 13 heavy (non-hydrogen) atoms. The van der Waals surface area contributed by atoms with Crippen LogP contribution in [0.1, 0.15) is 0 Å². The van der Waals surface area contributed by atoms with Gasteiger partial charge in [-0.2, -0.15) is 4.37 Å². The highest BCUT2D eigenvalue weighted by Gasteiger charge is 2.04. The van der Waals surface area contributed by atoms with Gasteiger partial charge in [0.1, 0.15) is 5.69 Å². The molecular weight excluding hydrogens is 248 g/mol. The molecule has 0 atom stereocenters. The normalized spacial score (nSPS) is 10.2. The fourth-order valence-corrected chi connectivity index (χ4v) is 1.93. The second-order valence-corrected chi connectivity index (χ2v) is 4.17. The number of anilines is 1. The first-order valence-electron chi connectivity index (χ1n) is 3.73. The Morgan fingerprint density at radius 3 is 2.46 bits per heavy atom. The van der Waals surface area contributed by atoms with Crippen LogP contribution in [-0.4, -0.2) is 4.37 Å². The lowest BCUT2D eigenvalue weighted by Crippen LogP contribution is -1.85. The minimum Gasteiger partial charge on any atom is -0.396 e. The van der Waals surface area contributed by atoms with Gasteiger partial charge in [0, 0.05) is 15.4 Å². The Morgan fingerprint density at radius 1 is 1.23 bits per heavy atom. The molecule has 2 nitrogen and oxygen atoms in total. The van der Waals surface area contributed by atoms with Crippen LogP contribution in [0.3, 0.4) is 0 Å². The summed E-state index contributed by atoms with van der Waals surface area (Å²) in [4.78, 5) is 0. The van der Waals surface area contributed by atoms with E-state index in [0.717, 1.165) is 21.4 Å². The van der Waals surface area contributed by atoms with Crippen LogP contribution in [0.25, 0.3) is 11.3 Å². The van der Waals surface area contributed by atoms with E-state index in [9.17, 15) is 0 Å². The van der Waals surface area contributed by atoms with Crippen LogP contribution in [0.4, 0.5) is 5.69 Å². The molecule has 4 heteroatoms. The summed E-state index contributed by atoms with van der Waals surface area (Å²) in [5.74, 6) is 0. The summed E-state index contributed by atoms with van der Waals surface area (Å²) >= 11 is 4.76. The maximum Gasteiger partial charge on any atom is 0.107 e. The fraction of sp³-hybridized carbons (Fsp3) is 0. The molecule has 0 amide bonds. The highest BCUT2D eigenvalue weighted by molar-refractivity contribution is 9.10. The average molecular weight is 255 g/mol. The van der Waals surface area contributed by atoms with Gasteiger partial charge in [0.15, 0.2) is 0 Å². The quantitative estimate of drug-likeness (QED) is 0.850. The number of nitrogen functional groups attached to an aromatic ring is 1. The van der Waals surface area contributed by atoms with E-state index in [0.29, 0.717) is 0 Å². The zero-order valence-corrected chi connectivity index (χ0v) is 9.10. The van der Waals surface area contributed by atoms with E-state index in [-0.39, 0.29) is 0 Å². The van der Waals surface area contributed by atoms with Crippen LogP contribution < -0.4 is 5.73 Å². The van der Waals surface area contributed by atoms with E-state index in [1.165, 1.54) is 11.5 Å². The molecule has 0 unspecified atom stereocenters. The van der Waals surface area contributed by atoms with Gasteiger partial charge < -0.3 is 5.73 Å². The second kappa shape index (κ2) is 3.47. The van der Waals surface area contributed by atoms with Gasteiger partial charge in [-0.25, -0.2) is 0 Å². The van der Waals surface area contributed by atoms with E-state index in [1.807, 2.05) is 29.6 Å². The number of hydrogen-bond donors (Lipinski definition) is 1. The van der Waals surface area contributed by atoms with Crippen LogP contribution >= 0.6 is 27.5 Å². The number of halogens is 1. The number of nitrogens with zero attached hydrogens (tertiary/aromatic N) is 1. The van der Waals surface area contributed by atoms with Crippen LogP contribution in [0.15, 0.2) is 34.1 Å². The third kappa shape index (κ3) is 1.73. The molecule has 0 aliphatic heterocycles. The van der Waals surface area contributed by atoms with E-state index in [1.54, 1.807) is 0 Å². The topological polar surface area (TPSA) is 38.9 Å². The molecule has 1 aromatic heterocycles. The molecule has 66 valence electrons. The Hall–Kier alpha value is -0.870. The Kier molecular flexibility index (Phi) is 2.33. The maximum absolute atomic E-state index is 5.75. The minimum atomic E-state index is 0.743. The van der Waals surface area contributed by atoms with Crippen molar-refractivity contribution in [1.29, 1.82) is 0 Å². The van der Waals surface area contributed by atoms with Gasteiger partial charge in [-0.05, 0) is 23.7 Å². The molecule has 0 saturated carbocycles. The van der Waals surface area contributed by atoms with Crippen molar-refractivity contribution in [3.8, 4) is 11.3 Å². The first-order valence-corrected chi connectivity index (χ1v) is 5.36. The largest absolute Gasteiger partial charge is 0.396 e. The van der Waals surface area contributed by atoms with Crippen molar-refractivity contribution in [2.75, 3.05) is 5.73 Å². The molecule has 0 spiro atoms. The average Bonchev–Trinajstić information content (AvgIpc) is 2.53. The molecule has 0 bridgehead atoms. The predicted octanol–water partition coefficient (Wildman–Crippen LogP) is 3.15. The summed E-state index contributed by atoms with van der Waals surface area (Å²) in [5, 5.41) is 1.84. The van der Waals surface area contributed by atoms with Gasteiger partial charge in [-0.15, -0.1) is 0 Å². The summed E-state index contributed by atoms with van der Waals surface area (Å²) < 4.78 is 5.28. The molecule has 0 aliphatic carbocycles. The Morgan fingerprint density at radius 2 is 1.92 bits per heavy atom. The van der Waals surface area contributed by atoms with Gasteiger partial charge in [0.05, 0.1) is 5.69 Å². The zero-order chi connectivity index (χ0) is 9.26. The van der Waals surface area contributed by atoms with E-state index < -0.39 is 0 Å². The molecule has 0 fully saturated rings. The Bertz CT molecular complexity index is 408. The van der Waals surface area contributed by atoms with Crippen LogP contribution in [-0.2, 0) is 0 Å². The molecule has 0 saturated heterocycles. The van der Waals surface area contributed by atoms with Gasteiger partial charge in [0.2, 0.25) is 0 Å². The van der Waals surface area contributed by atoms with Crippen molar-refractivity contribution < 1.29 is 0 Å². The number of rotatable bonds is 1. The molecule has 0 radical (unpaired) electrons. The molecule has 2 N–H and O–H groups in total. The Labute approximate surface area is 88.7 Å².